The molecule has 26 heavy (non-hydrogen) atoms. The Bertz CT molecular complexity index is 1010. The zero-order chi connectivity index (χ0) is 18.1. The standard InChI is InChI=1S/C19H21N5S2/c1-19(2,3)23-18-17(22-15-12-20-8-10-24(15)18)14-6-4-13(26-14)5-7-16-21-9-11-25-16/h4,6,8-12,23H,5,7H2,1-3H3. The van der Waals surface area contributed by atoms with E-state index in [4.69, 9.17) is 4.98 Å². The van der Waals surface area contributed by atoms with E-state index in [1.54, 1.807) is 35.1 Å². The van der Waals surface area contributed by atoms with Crippen LogP contribution in [0, 0.1) is 0 Å². The molecule has 0 aliphatic rings. The zero-order valence-corrected chi connectivity index (χ0v) is 16.7. The molecule has 5 nitrogen and oxygen atoms in total. The molecule has 0 amide bonds. The van der Waals surface area contributed by atoms with Gasteiger partial charge in [-0.15, -0.1) is 22.7 Å². The fourth-order valence-electron chi connectivity index (χ4n) is 2.80. The van der Waals surface area contributed by atoms with Crippen LogP contribution in [0.4, 0.5) is 5.82 Å². The third kappa shape index (κ3) is 3.64. The molecule has 0 radical (unpaired) electrons. The minimum absolute atomic E-state index is 0.0566. The molecular weight excluding hydrogens is 362 g/mol. The van der Waals surface area contributed by atoms with Gasteiger partial charge >= 0.3 is 0 Å². The third-order valence-corrected chi connectivity index (χ3v) is 5.88. The monoisotopic (exact) mass is 383 g/mol. The van der Waals surface area contributed by atoms with Crippen molar-refractivity contribution in [1.29, 1.82) is 0 Å². The minimum Gasteiger partial charge on any atom is -0.365 e. The molecule has 0 saturated heterocycles. The summed E-state index contributed by atoms with van der Waals surface area (Å²) in [6.07, 6.45) is 9.41. The van der Waals surface area contributed by atoms with E-state index in [1.807, 2.05) is 17.8 Å². The van der Waals surface area contributed by atoms with Gasteiger partial charge in [0.1, 0.15) is 11.5 Å². The summed E-state index contributed by atoms with van der Waals surface area (Å²) in [4.78, 5) is 15.9. The van der Waals surface area contributed by atoms with Crippen LogP contribution in [0.1, 0.15) is 30.7 Å². The van der Waals surface area contributed by atoms with Gasteiger partial charge in [-0.1, -0.05) is 0 Å². The summed E-state index contributed by atoms with van der Waals surface area (Å²) in [5.74, 6) is 1.02. The average molecular weight is 384 g/mol. The maximum Gasteiger partial charge on any atom is 0.157 e. The van der Waals surface area contributed by atoms with Gasteiger partial charge in [-0.25, -0.2) is 9.97 Å². The first kappa shape index (κ1) is 17.2. The molecule has 0 unspecified atom stereocenters. The van der Waals surface area contributed by atoms with E-state index >= 15 is 0 Å². The highest BCUT2D eigenvalue weighted by atomic mass is 32.1. The van der Waals surface area contributed by atoms with E-state index in [2.05, 4.69) is 52.6 Å². The molecule has 0 bridgehead atoms. The fraction of sp³-hybridized carbons (Fsp3) is 0.316. The van der Waals surface area contributed by atoms with E-state index in [0.29, 0.717) is 0 Å². The SMILES string of the molecule is CC(C)(C)Nc1c(-c2ccc(CCc3nccs3)s2)nc2cnccn12. The molecule has 134 valence electrons. The normalized spacial score (nSPS) is 12.0. The molecule has 0 spiro atoms. The number of aromatic nitrogens is 4. The van der Waals surface area contributed by atoms with E-state index in [-0.39, 0.29) is 5.54 Å². The number of nitrogens with zero attached hydrogens (tertiary/aromatic N) is 4. The Morgan fingerprint density at radius 3 is 2.81 bits per heavy atom. The lowest BCUT2D eigenvalue weighted by atomic mass is 10.1. The predicted octanol–water partition coefficient (Wildman–Crippen LogP) is 4.91. The number of imidazole rings is 1. The van der Waals surface area contributed by atoms with E-state index in [0.717, 1.165) is 30.0 Å². The number of hydrogen-bond donors (Lipinski definition) is 1. The quantitative estimate of drug-likeness (QED) is 0.532. The maximum absolute atomic E-state index is 4.83. The minimum atomic E-state index is -0.0566. The van der Waals surface area contributed by atoms with Gasteiger partial charge in [0, 0.05) is 40.8 Å². The van der Waals surface area contributed by atoms with Crippen molar-refractivity contribution in [1.82, 2.24) is 19.4 Å². The van der Waals surface area contributed by atoms with E-state index in [9.17, 15) is 0 Å². The van der Waals surface area contributed by atoms with Gasteiger partial charge in [-0.3, -0.25) is 9.38 Å². The number of hydrogen-bond acceptors (Lipinski definition) is 6. The smallest absolute Gasteiger partial charge is 0.157 e. The molecule has 4 heterocycles. The second kappa shape index (κ2) is 6.81. The highest BCUT2D eigenvalue weighted by Crippen LogP contribution is 2.35. The van der Waals surface area contributed by atoms with Crippen molar-refractivity contribution in [3.05, 3.63) is 52.2 Å². The first-order valence-corrected chi connectivity index (χ1v) is 10.3. The Morgan fingerprint density at radius 2 is 2.04 bits per heavy atom. The Balaban J connectivity index is 1.66. The first-order chi connectivity index (χ1) is 12.5. The van der Waals surface area contributed by atoms with Crippen LogP contribution in [0.2, 0.25) is 0 Å². The molecule has 7 heteroatoms. The summed E-state index contributed by atoms with van der Waals surface area (Å²) in [7, 11) is 0. The summed E-state index contributed by atoms with van der Waals surface area (Å²) in [5.41, 5.74) is 1.78. The van der Waals surface area contributed by atoms with Gasteiger partial charge in [0.2, 0.25) is 0 Å². The molecule has 1 N–H and O–H groups in total. The summed E-state index contributed by atoms with van der Waals surface area (Å²) >= 11 is 3.52. The van der Waals surface area contributed by atoms with Gasteiger partial charge < -0.3 is 5.32 Å². The van der Waals surface area contributed by atoms with Crippen molar-refractivity contribution in [3.63, 3.8) is 0 Å². The number of thiazole rings is 1. The summed E-state index contributed by atoms with van der Waals surface area (Å²) < 4.78 is 2.07. The van der Waals surface area contributed by atoms with Crippen molar-refractivity contribution < 1.29 is 0 Å². The highest BCUT2D eigenvalue weighted by Gasteiger charge is 2.20. The van der Waals surface area contributed by atoms with Crippen LogP contribution in [0.15, 0.2) is 42.3 Å². The topological polar surface area (TPSA) is 55.1 Å². The summed E-state index contributed by atoms with van der Waals surface area (Å²) in [6, 6.07) is 4.38. The molecule has 0 saturated carbocycles. The van der Waals surface area contributed by atoms with Gasteiger partial charge in [-0.05, 0) is 39.3 Å². The molecular formula is C19H21N5S2. The van der Waals surface area contributed by atoms with Crippen LogP contribution in [0.3, 0.4) is 0 Å². The van der Waals surface area contributed by atoms with Crippen LogP contribution < -0.4 is 5.32 Å². The number of anilines is 1. The van der Waals surface area contributed by atoms with Crippen LogP contribution in [-0.4, -0.2) is 24.9 Å². The van der Waals surface area contributed by atoms with Crippen LogP contribution in [0.25, 0.3) is 16.2 Å². The van der Waals surface area contributed by atoms with Gasteiger partial charge in [0.05, 0.1) is 16.1 Å². The van der Waals surface area contributed by atoms with Crippen molar-refractivity contribution >= 4 is 34.1 Å². The highest BCUT2D eigenvalue weighted by molar-refractivity contribution is 7.15. The maximum atomic E-state index is 4.83. The molecule has 0 aliphatic carbocycles. The van der Waals surface area contributed by atoms with Crippen molar-refractivity contribution in [2.24, 2.45) is 0 Å². The second-order valence-electron chi connectivity index (χ2n) is 7.18. The largest absolute Gasteiger partial charge is 0.365 e. The zero-order valence-electron chi connectivity index (χ0n) is 15.1. The van der Waals surface area contributed by atoms with Crippen molar-refractivity contribution in [2.45, 2.75) is 39.2 Å². The average Bonchev–Trinajstić information content (AvgIpc) is 3.32. The molecule has 4 rings (SSSR count). The lowest BCUT2D eigenvalue weighted by Gasteiger charge is -2.22. The fourth-order valence-corrected chi connectivity index (χ4v) is 4.42. The van der Waals surface area contributed by atoms with Crippen LogP contribution in [0.5, 0.6) is 0 Å². The number of thiophene rings is 1. The Kier molecular flexibility index (Phi) is 4.50. The number of aryl methyl sites for hydroxylation is 2. The first-order valence-electron chi connectivity index (χ1n) is 8.57. The molecule has 4 aromatic heterocycles. The lowest BCUT2D eigenvalue weighted by Crippen LogP contribution is -2.27. The van der Waals surface area contributed by atoms with E-state index < -0.39 is 0 Å². The second-order valence-corrected chi connectivity index (χ2v) is 9.33. The third-order valence-electron chi connectivity index (χ3n) is 3.89. The predicted molar refractivity (Wildman–Crippen MR) is 109 cm³/mol. The van der Waals surface area contributed by atoms with Crippen LogP contribution >= 0.6 is 22.7 Å². The molecule has 0 aromatic carbocycles. The molecule has 4 aromatic rings. The van der Waals surface area contributed by atoms with Crippen molar-refractivity contribution in [3.8, 4) is 10.6 Å². The Labute approximate surface area is 160 Å². The lowest BCUT2D eigenvalue weighted by molar-refractivity contribution is 0.629. The van der Waals surface area contributed by atoms with Crippen molar-refractivity contribution in [2.75, 3.05) is 5.32 Å². The van der Waals surface area contributed by atoms with Gasteiger partial charge in [-0.2, -0.15) is 0 Å². The summed E-state index contributed by atoms with van der Waals surface area (Å²) in [5, 5.41) is 6.83. The Morgan fingerprint density at radius 1 is 1.15 bits per heavy atom. The van der Waals surface area contributed by atoms with E-state index in [1.165, 1.54) is 14.8 Å². The number of rotatable bonds is 5. The molecule has 0 atom stereocenters. The summed E-state index contributed by atoms with van der Waals surface area (Å²) in [6.45, 7) is 6.47. The van der Waals surface area contributed by atoms with Gasteiger partial charge in [0.25, 0.3) is 0 Å². The number of fused-ring (bicyclic) bond motifs is 1. The van der Waals surface area contributed by atoms with Gasteiger partial charge in [0.15, 0.2) is 5.65 Å². The molecule has 0 fully saturated rings. The Hall–Kier alpha value is -2.25. The number of nitrogens with one attached hydrogen (secondary N) is 1. The molecule has 0 aliphatic heterocycles. The van der Waals surface area contributed by atoms with Crippen LogP contribution in [-0.2, 0) is 12.8 Å².